The van der Waals surface area contributed by atoms with Gasteiger partial charge in [0.15, 0.2) is 0 Å². The number of hydrogen-bond donors (Lipinski definition) is 1. The molecule has 0 radical (unpaired) electrons. The highest BCUT2D eigenvalue weighted by atomic mass is 16.3. The molecule has 0 fully saturated rings. The smallest absolute Gasteiger partial charge is 0.114 e. The number of hydrogen-bond acceptors (Lipinski definition) is 1. The van der Waals surface area contributed by atoms with E-state index in [0.29, 0.717) is 6.42 Å². The lowest BCUT2D eigenvalue weighted by atomic mass is 10.1. The fraction of sp³-hybridized carbons (Fsp3) is 0.455. The highest BCUT2D eigenvalue weighted by Crippen LogP contribution is 2.03. The van der Waals surface area contributed by atoms with Gasteiger partial charge in [0.05, 0.1) is 0 Å². The molecule has 1 N–H and O–H groups in total. The van der Waals surface area contributed by atoms with E-state index < -0.39 is 6.10 Å². The summed E-state index contributed by atoms with van der Waals surface area (Å²) < 4.78 is 0. The Labute approximate surface area is 74.8 Å². The topological polar surface area (TPSA) is 20.2 Å². The molecule has 0 rings (SSSR count). The van der Waals surface area contributed by atoms with Crippen molar-refractivity contribution in [2.45, 2.75) is 31.8 Å². The first kappa shape index (κ1) is 11.0. The van der Waals surface area contributed by atoms with Crippen LogP contribution in [0.3, 0.4) is 0 Å². The Morgan fingerprint density at radius 2 is 2.25 bits per heavy atom. The van der Waals surface area contributed by atoms with Crippen molar-refractivity contribution >= 4 is 0 Å². The van der Waals surface area contributed by atoms with E-state index >= 15 is 0 Å². The van der Waals surface area contributed by atoms with Gasteiger partial charge >= 0.3 is 0 Å². The molecule has 0 saturated carbocycles. The standard InChI is InChI=1S/C11H16O/c1-3-5-6-7-8-9-10-11(12)4-2/h2-3,5-6,11-12H,1,7-10H2/b6-5+. The molecule has 0 aromatic rings. The molecule has 1 nitrogen and oxygen atoms in total. The third-order valence-electron chi connectivity index (χ3n) is 1.56. The summed E-state index contributed by atoms with van der Waals surface area (Å²) in [5.41, 5.74) is 0. The zero-order valence-electron chi connectivity index (χ0n) is 7.37. The summed E-state index contributed by atoms with van der Waals surface area (Å²) in [7, 11) is 0. The average molecular weight is 164 g/mol. The van der Waals surface area contributed by atoms with E-state index in [4.69, 9.17) is 11.5 Å². The molecule has 0 heterocycles. The molecule has 0 bridgehead atoms. The van der Waals surface area contributed by atoms with E-state index in [2.05, 4.69) is 18.6 Å². The van der Waals surface area contributed by atoms with Crippen molar-refractivity contribution in [2.24, 2.45) is 0 Å². The second-order valence-electron chi connectivity index (χ2n) is 2.63. The van der Waals surface area contributed by atoms with Crippen LogP contribution in [0.25, 0.3) is 0 Å². The number of allylic oxidation sites excluding steroid dienone is 3. The van der Waals surface area contributed by atoms with Gasteiger partial charge in [0.25, 0.3) is 0 Å². The van der Waals surface area contributed by atoms with Gasteiger partial charge in [-0.2, -0.15) is 0 Å². The molecule has 0 aliphatic rings. The lowest BCUT2D eigenvalue weighted by Gasteiger charge is -2.00. The predicted molar refractivity (Wildman–Crippen MR) is 52.6 cm³/mol. The summed E-state index contributed by atoms with van der Waals surface area (Å²) in [5, 5.41) is 8.99. The van der Waals surface area contributed by atoms with Crippen molar-refractivity contribution < 1.29 is 5.11 Å². The fourth-order valence-corrected chi connectivity index (χ4v) is 0.876. The molecular weight excluding hydrogens is 148 g/mol. The monoisotopic (exact) mass is 164 g/mol. The van der Waals surface area contributed by atoms with Crippen molar-refractivity contribution in [1.82, 2.24) is 0 Å². The molecule has 1 unspecified atom stereocenters. The maximum Gasteiger partial charge on any atom is 0.114 e. The van der Waals surface area contributed by atoms with E-state index in [1.807, 2.05) is 6.08 Å². The SMILES string of the molecule is C#CC(O)CCCC/C=C/C=C. The third kappa shape index (κ3) is 7.11. The number of terminal acetylenes is 1. The Bertz CT molecular complexity index is 174. The Morgan fingerprint density at radius 3 is 2.83 bits per heavy atom. The van der Waals surface area contributed by atoms with Crippen LogP contribution in [0.5, 0.6) is 0 Å². The minimum absolute atomic E-state index is 0.562. The van der Waals surface area contributed by atoms with Gasteiger partial charge in [-0.1, -0.05) is 30.7 Å². The second-order valence-corrected chi connectivity index (χ2v) is 2.63. The lowest BCUT2D eigenvalue weighted by Crippen LogP contribution is -2.00. The largest absolute Gasteiger partial charge is 0.380 e. The van der Waals surface area contributed by atoms with Crippen LogP contribution >= 0.6 is 0 Å². The summed E-state index contributed by atoms with van der Waals surface area (Å²) >= 11 is 0. The Morgan fingerprint density at radius 1 is 1.50 bits per heavy atom. The maximum atomic E-state index is 8.99. The lowest BCUT2D eigenvalue weighted by molar-refractivity contribution is 0.218. The number of rotatable bonds is 6. The highest BCUT2D eigenvalue weighted by molar-refractivity contribution is 4.97. The minimum atomic E-state index is -0.562. The van der Waals surface area contributed by atoms with Crippen LogP contribution in [0.4, 0.5) is 0 Å². The summed E-state index contributed by atoms with van der Waals surface area (Å²) in [6.45, 7) is 3.57. The van der Waals surface area contributed by atoms with E-state index in [-0.39, 0.29) is 0 Å². The zero-order chi connectivity index (χ0) is 9.23. The van der Waals surface area contributed by atoms with Crippen molar-refractivity contribution in [2.75, 3.05) is 0 Å². The molecule has 0 aromatic carbocycles. The maximum absolute atomic E-state index is 8.99. The Balaban J connectivity index is 3.17. The number of unbranched alkanes of at least 4 members (excludes halogenated alkanes) is 2. The van der Waals surface area contributed by atoms with Gasteiger partial charge < -0.3 is 5.11 Å². The van der Waals surface area contributed by atoms with Gasteiger partial charge in [-0.25, -0.2) is 0 Å². The second kappa shape index (κ2) is 8.10. The summed E-state index contributed by atoms with van der Waals surface area (Å²) in [4.78, 5) is 0. The fourth-order valence-electron chi connectivity index (χ4n) is 0.876. The van der Waals surface area contributed by atoms with E-state index in [0.717, 1.165) is 19.3 Å². The molecule has 0 aliphatic carbocycles. The normalized spacial score (nSPS) is 12.7. The molecular formula is C11H16O. The van der Waals surface area contributed by atoms with Gasteiger partial charge in [-0.05, 0) is 25.7 Å². The van der Waals surface area contributed by atoms with Crippen LogP contribution in [-0.2, 0) is 0 Å². The molecule has 66 valence electrons. The van der Waals surface area contributed by atoms with Crippen LogP contribution < -0.4 is 0 Å². The van der Waals surface area contributed by atoms with Gasteiger partial charge in [0.2, 0.25) is 0 Å². The molecule has 1 atom stereocenters. The van der Waals surface area contributed by atoms with Gasteiger partial charge in [0, 0.05) is 0 Å². The molecule has 0 amide bonds. The Kier molecular flexibility index (Phi) is 7.42. The predicted octanol–water partition coefficient (Wildman–Crippen LogP) is 2.28. The van der Waals surface area contributed by atoms with E-state index in [1.165, 1.54) is 0 Å². The highest BCUT2D eigenvalue weighted by Gasteiger charge is 1.96. The average Bonchev–Trinajstić information content (AvgIpc) is 2.10. The minimum Gasteiger partial charge on any atom is -0.380 e. The Hall–Kier alpha value is -1.00. The van der Waals surface area contributed by atoms with Crippen LogP contribution in [-0.4, -0.2) is 11.2 Å². The van der Waals surface area contributed by atoms with Crippen molar-refractivity contribution in [3.05, 3.63) is 24.8 Å². The van der Waals surface area contributed by atoms with E-state index in [1.54, 1.807) is 6.08 Å². The van der Waals surface area contributed by atoms with Crippen LogP contribution in [0.1, 0.15) is 25.7 Å². The first-order valence-corrected chi connectivity index (χ1v) is 4.23. The molecule has 0 aliphatic heterocycles. The summed E-state index contributed by atoms with van der Waals surface area (Å²) in [5.74, 6) is 2.29. The molecule has 0 saturated heterocycles. The number of aliphatic hydroxyl groups is 1. The quantitative estimate of drug-likeness (QED) is 0.363. The van der Waals surface area contributed by atoms with Crippen molar-refractivity contribution in [3.8, 4) is 12.3 Å². The molecule has 0 aromatic heterocycles. The van der Waals surface area contributed by atoms with E-state index in [9.17, 15) is 0 Å². The van der Waals surface area contributed by atoms with Crippen LogP contribution in [0, 0.1) is 12.3 Å². The molecule has 12 heavy (non-hydrogen) atoms. The van der Waals surface area contributed by atoms with Crippen LogP contribution in [0.15, 0.2) is 24.8 Å². The first-order chi connectivity index (χ1) is 5.81. The summed E-state index contributed by atoms with van der Waals surface area (Å²) in [6, 6.07) is 0. The van der Waals surface area contributed by atoms with Crippen LogP contribution in [0.2, 0.25) is 0 Å². The van der Waals surface area contributed by atoms with Crippen molar-refractivity contribution in [1.29, 1.82) is 0 Å². The zero-order valence-corrected chi connectivity index (χ0v) is 7.37. The summed E-state index contributed by atoms with van der Waals surface area (Å²) in [6.07, 6.45) is 14.0. The number of aliphatic hydroxyl groups excluding tert-OH is 1. The third-order valence-corrected chi connectivity index (χ3v) is 1.56. The molecule has 1 heteroatoms. The van der Waals surface area contributed by atoms with Gasteiger partial charge in [-0.15, -0.1) is 6.42 Å². The van der Waals surface area contributed by atoms with Crippen molar-refractivity contribution in [3.63, 3.8) is 0 Å². The first-order valence-electron chi connectivity index (χ1n) is 4.23. The molecule has 0 spiro atoms. The van der Waals surface area contributed by atoms with Gasteiger partial charge in [-0.3, -0.25) is 0 Å². The van der Waals surface area contributed by atoms with Gasteiger partial charge in [0.1, 0.15) is 6.10 Å².